The van der Waals surface area contributed by atoms with Crippen LogP contribution in [-0.2, 0) is 14.4 Å². The van der Waals surface area contributed by atoms with Gasteiger partial charge in [0.2, 0.25) is 5.91 Å². The third-order valence-electron chi connectivity index (χ3n) is 4.14. The van der Waals surface area contributed by atoms with E-state index in [1.165, 1.54) is 21.6 Å². The highest BCUT2D eigenvalue weighted by Gasteiger charge is 2.39. The number of hydrogen-bond donors (Lipinski definition) is 1. The van der Waals surface area contributed by atoms with Gasteiger partial charge in [0, 0.05) is 5.75 Å². The summed E-state index contributed by atoms with van der Waals surface area (Å²) in [6, 6.07) is 6.44. The summed E-state index contributed by atoms with van der Waals surface area (Å²) in [5.41, 5.74) is 0.817. The zero-order chi connectivity index (χ0) is 20.3. The lowest BCUT2D eigenvalue weighted by molar-refractivity contribution is -0.148. The van der Waals surface area contributed by atoms with E-state index in [9.17, 15) is 19.5 Å². The van der Waals surface area contributed by atoms with Crippen LogP contribution in [0, 0.1) is 0 Å². The molecule has 0 spiro atoms. The van der Waals surface area contributed by atoms with Gasteiger partial charge in [-0.1, -0.05) is 36.1 Å². The summed E-state index contributed by atoms with van der Waals surface area (Å²) in [6.45, 7) is 2.22. The third kappa shape index (κ3) is 4.50. The predicted octanol–water partition coefficient (Wildman–Crippen LogP) is 2.27. The van der Waals surface area contributed by atoms with Crippen molar-refractivity contribution < 1.29 is 24.2 Å². The third-order valence-corrected chi connectivity index (χ3v) is 6.53. The Morgan fingerprint density at radius 2 is 2.07 bits per heavy atom. The van der Waals surface area contributed by atoms with Crippen molar-refractivity contribution in [1.29, 1.82) is 0 Å². The maximum Gasteiger partial charge on any atom is 0.327 e. The van der Waals surface area contributed by atoms with E-state index >= 15 is 0 Å². The second kappa shape index (κ2) is 8.97. The Morgan fingerprint density at radius 1 is 1.36 bits per heavy atom. The second-order valence-electron chi connectivity index (χ2n) is 5.99. The van der Waals surface area contributed by atoms with Gasteiger partial charge in [0.05, 0.1) is 17.4 Å². The number of carbonyl (C=O) groups excluding carboxylic acids is 2. The van der Waals surface area contributed by atoms with Crippen LogP contribution in [0.1, 0.15) is 12.5 Å². The standard InChI is InChI=1S/C18H18N2O5S3/c1-2-25-12-5-3-11(4-6-12)7-14-16(22)19(18(26)28-14)8-15(21)20-10-27-9-13(20)17(23)24/h3-7,13H,2,8-10H2,1H3,(H,23,24)/b14-7-/t13-/m1/s1. The van der Waals surface area contributed by atoms with Gasteiger partial charge < -0.3 is 14.7 Å². The zero-order valence-corrected chi connectivity index (χ0v) is 17.4. The van der Waals surface area contributed by atoms with E-state index in [4.69, 9.17) is 17.0 Å². The van der Waals surface area contributed by atoms with E-state index in [2.05, 4.69) is 0 Å². The molecular weight excluding hydrogens is 420 g/mol. The summed E-state index contributed by atoms with van der Waals surface area (Å²) in [7, 11) is 0. The lowest BCUT2D eigenvalue weighted by atomic mass is 10.2. The molecule has 0 saturated carbocycles. The van der Waals surface area contributed by atoms with Gasteiger partial charge in [-0.3, -0.25) is 14.5 Å². The van der Waals surface area contributed by atoms with Crippen molar-refractivity contribution in [2.24, 2.45) is 0 Å². The summed E-state index contributed by atoms with van der Waals surface area (Å²) in [6.07, 6.45) is 1.71. The van der Waals surface area contributed by atoms with Crippen LogP contribution in [0.25, 0.3) is 6.08 Å². The first-order chi connectivity index (χ1) is 13.4. The summed E-state index contributed by atoms with van der Waals surface area (Å²) in [4.78, 5) is 39.4. The number of ether oxygens (including phenoxy) is 1. The van der Waals surface area contributed by atoms with E-state index in [1.54, 1.807) is 6.08 Å². The minimum atomic E-state index is -1.04. The molecule has 2 saturated heterocycles. The number of hydrogen-bond acceptors (Lipinski definition) is 7. The van der Waals surface area contributed by atoms with E-state index in [-0.39, 0.29) is 16.8 Å². The first-order valence-electron chi connectivity index (χ1n) is 8.49. The molecule has 2 aliphatic heterocycles. The van der Waals surface area contributed by atoms with Crippen LogP contribution in [0.2, 0.25) is 0 Å². The highest BCUT2D eigenvalue weighted by Crippen LogP contribution is 2.33. The molecule has 3 rings (SSSR count). The molecule has 0 aromatic heterocycles. The van der Waals surface area contributed by atoms with Crippen molar-refractivity contribution in [2.75, 3.05) is 24.8 Å². The molecule has 148 valence electrons. The monoisotopic (exact) mass is 438 g/mol. The number of benzene rings is 1. The fourth-order valence-electron chi connectivity index (χ4n) is 2.73. The number of amides is 2. The predicted molar refractivity (Wildman–Crippen MR) is 113 cm³/mol. The molecule has 2 fully saturated rings. The molecule has 10 heteroatoms. The largest absolute Gasteiger partial charge is 0.494 e. The number of carboxylic acids is 1. The van der Waals surface area contributed by atoms with Crippen molar-refractivity contribution in [2.45, 2.75) is 13.0 Å². The number of carbonyl (C=O) groups is 3. The Hall–Kier alpha value is -2.04. The summed E-state index contributed by atoms with van der Waals surface area (Å²) in [5.74, 6) is -0.427. The molecule has 1 atom stereocenters. The van der Waals surface area contributed by atoms with Gasteiger partial charge >= 0.3 is 5.97 Å². The molecular formula is C18H18N2O5S3. The second-order valence-corrected chi connectivity index (χ2v) is 8.66. The topological polar surface area (TPSA) is 87.2 Å². The van der Waals surface area contributed by atoms with Gasteiger partial charge in [-0.05, 0) is 30.7 Å². The fraction of sp³-hybridized carbons (Fsp3) is 0.333. The first kappa shape index (κ1) is 20.7. The van der Waals surface area contributed by atoms with Crippen LogP contribution in [0.15, 0.2) is 29.2 Å². The highest BCUT2D eigenvalue weighted by atomic mass is 32.2. The maximum atomic E-state index is 12.7. The highest BCUT2D eigenvalue weighted by molar-refractivity contribution is 8.26. The lowest BCUT2D eigenvalue weighted by Crippen LogP contribution is -2.47. The smallest absolute Gasteiger partial charge is 0.327 e. The Bertz CT molecular complexity index is 840. The number of thioether (sulfide) groups is 2. The minimum absolute atomic E-state index is 0.254. The van der Waals surface area contributed by atoms with Crippen LogP contribution in [0.3, 0.4) is 0 Å². The molecule has 0 unspecified atom stereocenters. The Kier molecular flexibility index (Phi) is 6.63. The van der Waals surface area contributed by atoms with E-state index < -0.39 is 17.9 Å². The molecule has 0 aliphatic carbocycles. The van der Waals surface area contributed by atoms with Crippen LogP contribution >= 0.6 is 35.7 Å². The molecule has 2 heterocycles. The Morgan fingerprint density at radius 3 is 2.71 bits per heavy atom. The van der Waals surface area contributed by atoms with Gasteiger partial charge in [0.15, 0.2) is 0 Å². The first-order valence-corrected chi connectivity index (χ1v) is 10.9. The molecule has 0 radical (unpaired) electrons. The zero-order valence-electron chi connectivity index (χ0n) is 15.0. The molecule has 1 aromatic carbocycles. The molecule has 1 N–H and O–H groups in total. The minimum Gasteiger partial charge on any atom is -0.494 e. The number of rotatable bonds is 6. The van der Waals surface area contributed by atoms with Crippen molar-refractivity contribution in [3.8, 4) is 5.75 Å². The van der Waals surface area contributed by atoms with Gasteiger partial charge in [-0.15, -0.1) is 11.8 Å². The number of carboxylic acid groups (broad SMARTS) is 1. The fourth-order valence-corrected chi connectivity index (χ4v) is 5.16. The van der Waals surface area contributed by atoms with Crippen molar-refractivity contribution in [3.63, 3.8) is 0 Å². The molecule has 2 aliphatic rings. The summed E-state index contributed by atoms with van der Waals surface area (Å²) >= 11 is 7.76. The lowest BCUT2D eigenvalue weighted by Gasteiger charge is -2.23. The van der Waals surface area contributed by atoms with Gasteiger partial charge in [-0.25, -0.2) is 4.79 Å². The number of aliphatic carboxylic acids is 1. The molecule has 1 aromatic rings. The maximum absolute atomic E-state index is 12.7. The van der Waals surface area contributed by atoms with Gasteiger partial charge in [-0.2, -0.15) is 0 Å². The van der Waals surface area contributed by atoms with Crippen molar-refractivity contribution in [1.82, 2.24) is 9.80 Å². The van der Waals surface area contributed by atoms with Crippen LogP contribution in [-0.4, -0.2) is 67.8 Å². The van der Waals surface area contributed by atoms with Crippen LogP contribution < -0.4 is 4.74 Å². The Balaban J connectivity index is 1.69. The van der Waals surface area contributed by atoms with E-state index in [0.717, 1.165) is 23.1 Å². The molecule has 2 amide bonds. The number of thiocarbonyl (C=S) groups is 1. The van der Waals surface area contributed by atoms with E-state index in [0.29, 0.717) is 23.1 Å². The van der Waals surface area contributed by atoms with Crippen LogP contribution in [0.5, 0.6) is 5.75 Å². The average Bonchev–Trinajstić information content (AvgIpc) is 3.25. The van der Waals surface area contributed by atoms with Gasteiger partial charge in [0.25, 0.3) is 5.91 Å². The van der Waals surface area contributed by atoms with Crippen molar-refractivity contribution >= 4 is 63.9 Å². The molecule has 0 bridgehead atoms. The summed E-state index contributed by atoms with van der Waals surface area (Å²) in [5, 5.41) is 9.22. The quantitative estimate of drug-likeness (QED) is 0.535. The summed E-state index contributed by atoms with van der Waals surface area (Å²) < 4.78 is 5.68. The normalized spacial score (nSPS) is 20.9. The van der Waals surface area contributed by atoms with E-state index in [1.807, 2.05) is 31.2 Å². The molecule has 28 heavy (non-hydrogen) atoms. The van der Waals surface area contributed by atoms with Crippen LogP contribution in [0.4, 0.5) is 0 Å². The van der Waals surface area contributed by atoms with Gasteiger partial charge in [0.1, 0.15) is 22.7 Å². The Labute approximate surface area is 176 Å². The average molecular weight is 439 g/mol. The number of nitrogens with zero attached hydrogens (tertiary/aromatic N) is 2. The van der Waals surface area contributed by atoms with Crippen molar-refractivity contribution in [3.05, 3.63) is 34.7 Å². The molecule has 7 nitrogen and oxygen atoms in total. The SMILES string of the molecule is CCOc1ccc(/C=C2\SC(=S)N(CC(=O)N3CSC[C@@H]3C(=O)O)C2=O)cc1.